The Labute approximate surface area is 152 Å². The maximum atomic E-state index is 13.2. The largest absolute Gasteiger partial charge is 0.652 e. The van der Waals surface area contributed by atoms with Crippen LogP contribution in [0, 0.1) is 11.7 Å². The molecule has 1 aliphatic carbocycles. The van der Waals surface area contributed by atoms with Crippen LogP contribution in [0.25, 0.3) is 0 Å². The van der Waals surface area contributed by atoms with Crippen LogP contribution in [0.3, 0.4) is 0 Å². The van der Waals surface area contributed by atoms with Gasteiger partial charge in [0.1, 0.15) is 5.82 Å². The summed E-state index contributed by atoms with van der Waals surface area (Å²) in [5.41, 5.74) is 1.28. The van der Waals surface area contributed by atoms with E-state index in [-0.39, 0.29) is 31.7 Å². The summed E-state index contributed by atoms with van der Waals surface area (Å²) in [5, 5.41) is 3.54. The maximum Gasteiger partial charge on any atom is 0.123 e. The third-order valence-electron chi connectivity index (χ3n) is 4.69. The Kier molecular flexibility index (Phi) is 8.39. The number of benzene rings is 1. The van der Waals surface area contributed by atoms with Gasteiger partial charge in [0.2, 0.25) is 0 Å². The zero-order chi connectivity index (χ0) is 16.0. The third-order valence-corrected chi connectivity index (χ3v) is 4.69. The molecule has 2 rings (SSSR count). The Morgan fingerprint density at radius 3 is 2.43 bits per heavy atom. The first-order valence-electron chi connectivity index (χ1n) is 8.07. The summed E-state index contributed by atoms with van der Waals surface area (Å²) in [6, 6.07) is 7.23. The molecular formula is C18H25FNO2Re-. The van der Waals surface area contributed by atoms with Crippen LogP contribution in [-0.2, 0) is 35.4 Å². The second kappa shape index (κ2) is 9.52. The predicted octanol–water partition coefficient (Wildman–Crippen LogP) is 3.33. The van der Waals surface area contributed by atoms with Crippen molar-refractivity contribution in [2.24, 2.45) is 5.92 Å². The first-order valence-corrected chi connectivity index (χ1v) is 8.07. The molecule has 0 bridgehead atoms. The van der Waals surface area contributed by atoms with Gasteiger partial charge >= 0.3 is 0 Å². The molecule has 1 radical (unpaired) electrons. The molecule has 0 aliphatic heterocycles. The number of nitrogens with one attached hydrogen (secondary N) is 1. The summed E-state index contributed by atoms with van der Waals surface area (Å²) in [6.45, 7) is 6.83. The monoisotopic (exact) mass is 493 g/mol. The molecule has 0 spiro atoms. The minimum Gasteiger partial charge on any atom is -0.652 e. The molecule has 1 aromatic carbocycles. The van der Waals surface area contributed by atoms with Gasteiger partial charge in [-0.15, -0.1) is 0 Å². The van der Waals surface area contributed by atoms with E-state index in [0.717, 1.165) is 19.3 Å². The maximum absolute atomic E-state index is 13.2. The van der Waals surface area contributed by atoms with Gasteiger partial charge in [0.15, 0.2) is 0 Å². The summed E-state index contributed by atoms with van der Waals surface area (Å²) in [4.78, 5) is 10.1. The van der Waals surface area contributed by atoms with Crippen molar-refractivity contribution < 1.29 is 34.3 Å². The van der Waals surface area contributed by atoms with Crippen molar-refractivity contribution in [3.63, 3.8) is 0 Å². The van der Waals surface area contributed by atoms with E-state index in [0.29, 0.717) is 25.1 Å². The predicted molar refractivity (Wildman–Crippen MR) is 84.8 cm³/mol. The van der Waals surface area contributed by atoms with Gasteiger partial charge in [0.05, 0.1) is 6.61 Å². The molecule has 1 aliphatic rings. The van der Waals surface area contributed by atoms with Crippen LogP contribution in [0.15, 0.2) is 24.3 Å². The number of rotatable bonds is 9. The van der Waals surface area contributed by atoms with Crippen LogP contribution in [0.5, 0.6) is 0 Å². The second-order valence-corrected chi connectivity index (χ2v) is 6.58. The molecule has 1 N–H and O–H groups in total. The molecule has 1 unspecified atom stereocenters. The van der Waals surface area contributed by atoms with Gasteiger partial charge < -0.3 is 14.8 Å². The van der Waals surface area contributed by atoms with E-state index < -0.39 is 0 Å². The Balaban J connectivity index is 0.00000264. The second-order valence-electron chi connectivity index (χ2n) is 6.58. The summed E-state index contributed by atoms with van der Waals surface area (Å²) >= 11 is 0. The number of ether oxygens (including phenoxy) is 1. The summed E-state index contributed by atoms with van der Waals surface area (Å²) in [5.74, 6) is 0.371. The van der Waals surface area contributed by atoms with E-state index in [2.05, 4.69) is 23.9 Å². The zero-order valence-corrected chi connectivity index (χ0v) is 16.5. The quantitative estimate of drug-likeness (QED) is 0.425. The SMILES string of the molecule is CC(C)CC(NCCO[C-]=O)C1(c2ccc(F)cc2)CCC1.[Re]. The molecule has 0 aromatic heterocycles. The minimum absolute atomic E-state index is 0. The molecule has 1 aromatic rings. The van der Waals surface area contributed by atoms with Gasteiger partial charge in [-0.1, -0.05) is 38.9 Å². The van der Waals surface area contributed by atoms with Gasteiger partial charge in [0.25, 0.3) is 0 Å². The van der Waals surface area contributed by atoms with Crippen molar-refractivity contribution in [2.75, 3.05) is 13.2 Å². The molecule has 3 nitrogen and oxygen atoms in total. The Morgan fingerprint density at radius 2 is 1.96 bits per heavy atom. The average Bonchev–Trinajstić information content (AvgIpc) is 2.43. The molecule has 1 fully saturated rings. The van der Waals surface area contributed by atoms with E-state index in [1.807, 2.05) is 12.1 Å². The first kappa shape index (κ1) is 20.3. The fourth-order valence-corrected chi connectivity index (χ4v) is 3.48. The van der Waals surface area contributed by atoms with Crippen LogP contribution in [-0.4, -0.2) is 25.7 Å². The van der Waals surface area contributed by atoms with E-state index in [1.165, 1.54) is 18.5 Å². The normalized spacial score (nSPS) is 17.0. The van der Waals surface area contributed by atoms with Crippen LogP contribution in [0.4, 0.5) is 4.39 Å². The molecule has 1 saturated carbocycles. The minimum atomic E-state index is -0.193. The Bertz CT molecular complexity index is 474. The fraction of sp³-hybridized carbons (Fsp3) is 0.611. The van der Waals surface area contributed by atoms with Crippen LogP contribution >= 0.6 is 0 Å². The smallest absolute Gasteiger partial charge is 0.123 e. The molecule has 129 valence electrons. The molecule has 0 saturated heterocycles. The Hall–Kier alpha value is -0.758. The average molecular weight is 493 g/mol. The van der Waals surface area contributed by atoms with E-state index in [1.54, 1.807) is 12.1 Å². The van der Waals surface area contributed by atoms with Crippen molar-refractivity contribution in [2.45, 2.75) is 51.0 Å². The van der Waals surface area contributed by atoms with Crippen LogP contribution in [0.1, 0.15) is 45.1 Å². The molecule has 5 heteroatoms. The van der Waals surface area contributed by atoms with E-state index in [4.69, 9.17) is 0 Å². The van der Waals surface area contributed by atoms with E-state index in [9.17, 15) is 9.18 Å². The fourth-order valence-electron chi connectivity index (χ4n) is 3.48. The molecule has 0 heterocycles. The molecule has 1 atom stereocenters. The summed E-state index contributed by atoms with van der Waals surface area (Å²) < 4.78 is 17.9. The van der Waals surface area contributed by atoms with Crippen molar-refractivity contribution in [1.82, 2.24) is 5.32 Å². The first-order chi connectivity index (χ1) is 10.6. The van der Waals surface area contributed by atoms with Crippen molar-refractivity contribution in [3.05, 3.63) is 35.6 Å². The van der Waals surface area contributed by atoms with Crippen molar-refractivity contribution >= 4 is 6.47 Å². The van der Waals surface area contributed by atoms with Crippen molar-refractivity contribution in [3.8, 4) is 0 Å². The number of hydrogen-bond donors (Lipinski definition) is 1. The van der Waals surface area contributed by atoms with E-state index >= 15 is 0 Å². The van der Waals surface area contributed by atoms with Gasteiger partial charge in [-0.05, 0) is 42.9 Å². The number of halogens is 1. The van der Waals surface area contributed by atoms with Gasteiger partial charge in [-0.3, -0.25) is 0 Å². The summed E-state index contributed by atoms with van der Waals surface area (Å²) in [6.07, 6.45) is 4.47. The zero-order valence-electron chi connectivity index (χ0n) is 13.8. The van der Waals surface area contributed by atoms with Crippen LogP contribution in [0.2, 0.25) is 0 Å². The van der Waals surface area contributed by atoms with Gasteiger partial charge in [-0.2, -0.15) is 0 Å². The number of hydrogen-bond acceptors (Lipinski definition) is 3. The van der Waals surface area contributed by atoms with Gasteiger partial charge in [-0.25, -0.2) is 4.39 Å². The van der Waals surface area contributed by atoms with Crippen molar-refractivity contribution in [1.29, 1.82) is 0 Å². The number of carbonyl (C=O) groups excluding carboxylic acids is 1. The topological polar surface area (TPSA) is 38.3 Å². The summed E-state index contributed by atoms with van der Waals surface area (Å²) in [7, 11) is 0. The standard InChI is InChI=1S/C18H25FNO2.Re/c1-14(2)12-17(20-10-11-22-13-21)18(8-3-9-18)15-4-6-16(19)7-5-15;/h4-7,14,17,20H,3,8-12H2,1-2H3;/q-1;. The molecule has 23 heavy (non-hydrogen) atoms. The molecular weight excluding hydrogens is 467 g/mol. The Morgan fingerprint density at radius 1 is 1.30 bits per heavy atom. The van der Waals surface area contributed by atoms with Gasteiger partial charge in [0, 0.05) is 38.4 Å². The van der Waals surface area contributed by atoms with Crippen LogP contribution < -0.4 is 5.32 Å². The molecule has 0 amide bonds. The third kappa shape index (κ3) is 5.11.